The first-order valence-corrected chi connectivity index (χ1v) is 10.1. The molecule has 1 saturated heterocycles. The van der Waals surface area contributed by atoms with Crippen molar-refractivity contribution in [1.29, 1.82) is 0 Å². The van der Waals surface area contributed by atoms with Crippen LogP contribution < -0.4 is 16.0 Å². The van der Waals surface area contributed by atoms with E-state index in [1.54, 1.807) is 6.20 Å². The van der Waals surface area contributed by atoms with E-state index >= 15 is 0 Å². The maximum atomic E-state index is 12.3. The lowest BCUT2D eigenvalue weighted by atomic mass is 9.85. The monoisotopic (exact) mass is 404 g/mol. The average Bonchev–Trinajstić information content (AvgIpc) is 3.31. The van der Waals surface area contributed by atoms with Crippen molar-refractivity contribution in [2.75, 3.05) is 6.54 Å². The van der Waals surface area contributed by atoms with Crippen LogP contribution in [0.4, 0.5) is 4.79 Å². The first kappa shape index (κ1) is 20.8. The number of nitrogens with zero attached hydrogens (tertiary/aromatic N) is 2. The van der Waals surface area contributed by atoms with Gasteiger partial charge in [0.15, 0.2) is 0 Å². The summed E-state index contributed by atoms with van der Waals surface area (Å²) in [5, 5.41) is 15.1. The van der Waals surface area contributed by atoms with Crippen LogP contribution in [-0.2, 0) is 20.9 Å². The van der Waals surface area contributed by atoms with E-state index in [2.05, 4.69) is 26.1 Å². The number of hydrogen-bond acceptors (Lipinski definition) is 5. The molecule has 2 fully saturated rings. The van der Waals surface area contributed by atoms with Crippen molar-refractivity contribution in [2.24, 2.45) is 5.92 Å². The van der Waals surface area contributed by atoms with E-state index in [9.17, 15) is 19.2 Å². The summed E-state index contributed by atoms with van der Waals surface area (Å²) in [5.74, 6) is -0.650. The summed E-state index contributed by atoms with van der Waals surface area (Å²) in [6.07, 6.45) is 5.07. The number of aromatic amines is 1. The highest BCUT2D eigenvalue weighted by molar-refractivity contribution is 6.05. The van der Waals surface area contributed by atoms with Crippen molar-refractivity contribution in [2.45, 2.75) is 64.1 Å². The fourth-order valence-corrected chi connectivity index (χ4v) is 3.83. The van der Waals surface area contributed by atoms with Gasteiger partial charge in [-0.1, -0.05) is 6.92 Å². The van der Waals surface area contributed by atoms with Gasteiger partial charge in [0.1, 0.15) is 6.04 Å². The number of carbonyl (C=O) groups is 4. The summed E-state index contributed by atoms with van der Waals surface area (Å²) in [6, 6.07) is 0.569. The highest BCUT2D eigenvalue weighted by Gasteiger charge is 2.38. The van der Waals surface area contributed by atoms with Crippen molar-refractivity contribution in [1.82, 2.24) is 31.0 Å². The Bertz CT molecular complexity index is 742. The lowest BCUT2D eigenvalue weighted by molar-refractivity contribution is -0.131. The zero-order valence-corrected chi connectivity index (χ0v) is 16.6. The van der Waals surface area contributed by atoms with E-state index in [-0.39, 0.29) is 36.1 Å². The summed E-state index contributed by atoms with van der Waals surface area (Å²) >= 11 is 0. The van der Waals surface area contributed by atoms with E-state index in [0.29, 0.717) is 45.2 Å². The molecule has 1 aromatic heterocycles. The number of nitrogens with one attached hydrogen (secondary N) is 4. The Balaban J connectivity index is 1.38. The highest BCUT2D eigenvalue weighted by Crippen LogP contribution is 2.25. The second-order valence-electron chi connectivity index (χ2n) is 7.61. The summed E-state index contributed by atoms with van der Waals surface area (Å²) in [6.45, 7) is 2.66. The molecule has 4 N–H and O–H groups in total. The number of hydrogen-bond donors (Lipinski definition) is 4. The maximum absolute atomic E-state index is 12.3. The zero-order valence-electron chi connectivity index (χ0n) is 16.6. The van der Waals surface area contributed by atoms with Gasteiger partial charge < -0.3 is 16.0 Å². The van der Waals surface area contributed by atoms with Crippen LogP contribution in [0.3, 0.4) is 0 Å². The predicted octanol–water partition coefficient (Wildman–Crippen LogP) is 0.421. The predicted molar refractivity (Wildman–Crippen MR) is 103 cm³/mol. The van der Waals surface area contributed by atoms with Gasteiger partial charge in [-0.05, 0) is 38.2 Å². The van der Waals surface area contributed by atoms with Crippen molar-refractivity contribution >= 4 is 23.8 Å². The molecule has 1 unspecified atom stereocenters. The van der Waals surface area contributed by atoms with Crippen LogP contribution >= 0.6 is 0 Å². The molecule has 0 radical (unpaired) electrons. The van der Waals surface area contributed by atoms with E-state index in [1.165, 1.54) is 0 Å². The molecule has 1 atom stereocenters. The van der Waals surface area contributed by atoms with Gasteiger partial charge in [0.2, 0.25) is 11.8 Å². The van der Waals surface area contributed by atoms with Crippen molar-refractivity contribution in [3.63, 3.8) is 0 Å². The molecule has 0 bridgehead atoms. The molecule has 158 valence electrons. The Morgan fingerprint density at radius 2 is 2.00 bits per heavy atom. The summed E-state index contributed by atoms with van der Waals surface area (Å²) in [4.78, 5) is 49.8. The lowest BCUT2D eigenvalue weighted by Crippen LogP contribution is -2.43. The van der Waals surface area contributed by atoms with E-state index < -0.39 is 12.1 Å². The summed E-state index contributed by atoms with van der Waals surface area (Å²) < 4.78 is 0. The number of imide groups is 1. The molecule has 5 amide bonds. The number of urea groups is 1. The number of H-pyrrole nitrogens is 1. The van der Waals surface area contributed by atoms with Crippen molar-refractivity contribution in [3.8, 4) is 0 Å². The van der Waals surface area contributed by atoms with E-state index in [0.717, 1.165) is 10.6 Å². The molecule has 1 aliphatic carbocycles. The second kappa shape index (κ2) is 9.53. The number of aromatic nitrogens is 2. The summed E-state index contributed by atoms with van der Waals surface area (Å²) in [7, 11) is 0. The third kappa shape index (κ3) is 5.33. The first-order chi connectivity index (χ1) is 14.0. The van der Waals surface area contributed by atoms with Gasteiger partial charge in [0.25, 0.3) is 5.91 Å². The van der Waals surface area contributed by atoms with Crippen LogP contribution in [0.25, 0.3) is 0 Å². The van der Waals surface area contributed by atoms with Gasteiger partial charge in [-0.25, -0.2) is 4.79 Å². The fourth-order valence-electron chi connectivity index (χ4n) is 3.83. The van der Waals surface area contributed by atoms with Gasteiger partial charge in [0.05, 0.1) is 18.7 Å². The quantitative estimate of drug-likeness (QED) is 0.466. The third-order valence-corrected chi connectivity index (χ3v) is 5.42. The molecule has 0 spiro atoms. The van der Waals surface area contributed by atoms with Crippen LogP contribution in [0.15, 0.2) is 12.3 Å². The van der Waals surface area contributed by atoms with Gasteiger partial charge in [-0.15, -0.1) is 0 Å². The molecule has 2 aliphatic rings. The molecule has 10 heteroatoms. The van der Waals surface area contributed by atoms with Crippen LogP contribution in [0.1, 0.15) is 51.1 Å². The molecule has 1 saturated carbocycles. The van der Waals surface area contributed by atoms with Crippen molar-refractivity contribution < 1.29 is 19.2 Å². The maximum Gasteiger partial charge on any atom is 0.324 e. The molecule has 0 aromatic carbocycles. The number of rotatable bonds is 8. The largest absolute Gasteiger partial charge is 0.353 e. The molecular weight excluding hydrogens is 376 g/mol. The minimum Gasteiger partial charge on any atom is -0.353 e. The Morgan fingerprint density at radius 3 is 2.66 bits per heavy atom. The van der Waals surface area contributed by atoms with Crippen LogP contribution in [0.5, 0.6) is 0 Å². The number of amides is 5. The molecule has 3 rings (SSSR count). The Hall–Kier alpha value is -2.91. The molecule has 10 nitrogen and oxygen atoms in total. The highest BCUT2D eigenvalue weighted by atomic mass is 16.2. The zero-order chi connectivity index (χ0) is 20.8. The average molecular weight is 404 g/mol. The van der Waals surface area contributed by atoms with Crippen LogP contribution in [0, 0.1) is 5.92 Å². The molecule has 29 heavy (non-hydrogen) atoms. The standard InChI is InChI=1S/C19H28N6O4/c1-2-9-25-18(28)15(23-19(25)29)10-16(26)22-13-5-3-12(4-6-13)17(27)20-11-14-7-8-21-24-14/h7-8,12-13,15H,2-6,9-11H2,1H3,(H,20,27)(H,21,24)(H,22,26)(H,23,29). The summed E-state index contributed by atoms with van der Waals surface area (Å²) in [5.41, 5.74) is 0.852. The topological polar surface area (TPSA) is 136 Å². The van der Waals surface area contributed by atoms with Crippen LogP contribution in [-0.4, -0.2) is 57.5 Å². The fraction of sp³-hybridized carbons (Fsp3) is 0.632. The van der Waals surface area contributed by atoms with Gasteiger partial charge >= 0.3 is 6.03 Å². The van der Waals surface area contributed by atoms with Gasteiger partial charge in [-0.3, -0.25) is 24.4 Å². The Morgan fingerprint density at radius 1 is 1.24 bits per heavy atom. The molecule has 1 aliphatic heterocycles. The van der Waals surface area contributed by atoms with Gasteiger partial charge in [0, 0.05) is 24.7 Å². The third-order valence-electron chi connectivity index (χ3n) is 5.42. The van der Waals surface area contributed by atoms with Gasteiger partial charge in [-0.2, -0.15) is 5.10 Å². The van der Waals surface area contributed by atoms with Crippen LogP contribution in [0.2, 0.25) is 0 Å². The minimum atomic E-state index is -0.793. The smallest absolute Gasteiger partial charge is 0.324 e. The number of carbonyl (C=O) groups excluding carboxylic acids is 4. The normalized spacial score (nSPS) is 24.3. The van der Waals surface area contributed by atoms with E-state index in [4.69, 9.17) is 0 Å². The van der Waals surface area contributed by atoms with E-state index in [1.807, 2.05) is 13.0 Å². The molecule has 1 aromatic rings. The van der Waals surface area contributed by atoms with Crippen molar-refractivity contribution in [3.05, 3.63) is 18.0 Å². The minimum absolute atomic E-state index is 0.0136. The SMILES string of the molecule is CCCN1C(=O)NC(CC(=O)NC2CCC(C(=O)NCc3ccn[nH]3)CC2)C1=O. The Kier molecular flexibility index (Phi) is 6.84. The molecular formula is C19H28N6O4. The second-order valence-corrected chi connectivity index (χ2v) is 7.61. The lowest BCUT2D eigenvalue weighted by Gasteiger charge is -2.28. The molecule has 2 heterocycles. The Labute approximate surface area is 169 Å². The first-order valence-electron chi connectivity index (χ1n) is 10.1.